The minimum Gasteiger partial charge on any atom is -0.493 e. The highest BCUT2D eigenvalue weighted by atomic mass is 19.4. The number of carbonyl (C=O) groups excluding carboxylic acids is 2. The summed E-state index contributed by atoms with van der Waals surface area (Å²) in [5.74, 6) is 0.583. The first kappa shape index (κ1) is 29.8. The van der Waals surface area contributed by atoms with Crippen molar-refractivity contribution >= 4 is 17.7 Å². The van der Waals surface area contributed by atoms with Crippen molar-refractivity contribution in [3.05, 3.63) is 89.0 Å². The largest absolute Gasteiger partial charge is 0.493 e. The quantitative estimate of drug-likeness (QED) is 0.298. The lowest BCUT2D eigenvalue weighted by Gasteiger charge is -2.43. The molecule has 2 amide bonds. The molecule has 3 aromatic rings. The summed E-state index contributed by atoms with van der Waals surface area (Å²) < 4.78 is 55.7. The molecule has 3 aromatic carbocycles. The smallest absolute Gasteiger partial charge is 0.416 e. The number of halogens is 3. The van der Waals surface area contributed by atoms with Crippen molar-refractivity contribution in [2.45, 2.75) is 51.5 Å². The van der Waals surface area contributed by atoms with Crippen LogP contribution in [0.25, 0.3) is 0 Å². The fourth-order valence-corrected chi connectivity index (χ4v) is 5.16. The van der Waals surface area contributed by atoms with E-state index in [2.05, 4.69) is 0 Å². The van der Waals surface area contributed by atoms with Gasteiger partial charge in [0.2, 0.25) is 5.91 Å². The van der Waals surface area contributed by atoms with Crippen molar-refractivity contribution in [2.24, 2.45) is 0 Å². The molecule has 0 fully saturated rings. The molecule has 0 spiro atoms. The molecule has 0 saturated heterocycles. The number of hydrogen-bond acceptors (Lipinski definition) is 5. The van der Waals surface area contributed by atoms with Crippen LogP contribution in [0.3, 0.4) is 0 Å². The van der Waals surface area contributed by atoms with E-state index in [0.717, 1.165) is 17.7 Å². The van der Waals surface area contributed by atoms with Crippen LogP contribution in [0.2, 0.25) is 0 Å². The lowest BCUT2D eigenvalue weighted by molar-refractivity contribution is -0.137. The molecule has 1 heterocycles. The van der Waals surface area contributed by atoms with Gasteiger partial charge in [0.05, 0.1) is 44.5 Å². The van der Waals surface area contributed by atoms with Crippen LogP contribution < -0.4 is 14.4 Å². The van der Waals surface area contributed by atoms with Crippen molar-refractivity contribution in [2.75, 3.05) is 25.7 Å². The number of nitrogens with zero attached hydrogens (tertiary/aromatic N) is 2. The second-order valence-electron chi connectivity index (χ2n) is 9.81. The highest BCUT2D eigenvalue weighted by Gasteiger charge is 2.40. The average molecular weight is 571 g/mol. The maximum atomic E-state index is 14.0. The predicted molar refractivity (Wildman–Crippen MR) is 148 cm³/mol. The molecule has 0 radical (unpaired) electrons. The summed E-state index contributed by atoms with van der Waals surface area (Å²) in [6.45, 7) is 4.06. The van der Waals surface area contributed by atoms with Crippen LogP contribution in [0, 0.1) is 0 Å². The van der Waals surface area contributed by atoms with Crippen molar-refractivity contribution in [3.8, 4) is 11.5 Å². The van der Waals surface area contributed by atoms with Crippen LogP contribution in [0.1, 0.15) is 48.6 Å². The number of hydrogen-bond donors (Lipinski definition) is 0. The number of amides is 2. The Bertz CT molecular complexity index is 1360. The van der Waals surface area contributed by atoms with Gasteiger partial charge in [-0.1, -0.05) is 42.5 Å². The van der Waals surface area contributed by atoms with Gasteiger partial charge < -0.3 is 19.1 Å². The molecule has 0 bridgehead atoms. The minimum absolute atomic E-state index is 0.0972. The predicted octanol–water partition coefficient (Wildman–Crippen LogP) is 6.79. The van der Waals surface area contributed by atoms with Gasteiger partial charge in [-0.15, -0.1) is 0 Å². The number of ether oxygens (including phenoxy) is 3. The van der Waals surface area contributed by atoms with Gasteiger partial charge in [0.25, 0.3) is 0 Å². The van der Waals surface area contributed by atoms with Crippen LogP contribution in [0.15, 0.2) is 66.7 Å². The van der Waals surface area contributed by atoms with Crippen molar-refractivity contribution in [1.29, 1.82) is 0 Å². The zero-order chi connectivity index (χ0) is 29.7. The maximum Gasteiger partial charge on any atom is 0.416 e. The van der Waals surface area contributed by atoms with Crippen LogP contribution in [-0.2, 0) is 28.7 Å². The summed E-state index contributed by atoms with van der Waals surface area (Å²) >= 11 is 0. The van der Waals surface area contributed by atoms with Gasteiger partial charge in [-0.2, -0.15) is 13.2 Å². The van der Waals surface area contributed by atoms with Crippen molar-refractivity contribution in [1.82, 2.24) is 4.90 Å². The Morgan fingerprint density at radius 3 is 2.17 bits per heavy atom. The highest BCUT2D eigenvalue weighted by Crippen LogP contribution is 2.46. The van der Waals surface area contributed by atoms with Crippen LogP contribution in [0.5, 0.6) is 11.5 Å². The van der Waals surface area contributed by atoms with Gasteiger partial charge >= 0.3 is 12.3 Å². The Balaban J connectivity index is 1.78. The first-order valence-corrected chi connectivity index (χ1v) is 13.3. The minimum atomic E-state index is -4.46. The normalized spacial score (nSPS) is 16.5. The summed E-state index contributed by atoms with van der Waals surface area (Å²) in [6.07, 6.45) is -4.68. The number of alkyl halides is 3. The highest BCUT2D eigenvalue weighted by molar-refractivity contribution is 5.91. The monoisotopic (exact) mass is 570 g/mol. The third kappa shape index (κ3) is 6.58. The molecule has 1 aliphatic rings. The zero-order valence-corrected chi connectivity index (χ0v) is 23.4. The summed E-state index contributed by atoms with van der Waals surface area (Å²) in [4.78, 5) is 30.3. The fourth-order valence-electron chi connectivity index (χ4n) is 5.16. The van der Waals surface area contributed by atoms with Gasteiger partial charge in [-0.3, -0.25) is 9.69 Å². The molecular weight excluding hydrogens is 537 g/mol. The van der Waals surface area contributed by atoms with E-state index in [4.69, 9.17) is 14.2 Å². The van der Waals surface area contributed by atoms with Crippen molar-refractivity contribution < 1.29 is 37.0 Å². The third-order valence-electron chi connectivity index (χ3n) is 7.15. The first-order valence-electron chi connectivity index (χ1n) is 13.3. The topological polar surface area (TPSA) is 68.3 Å². The van der Waals surface area contributed by atoms with Gasteiger partial charge in [0.1, 0.15) is 0 Å². The molecule has 2 atom stereocenters. The second kappa shape index (κ2) is 12.5. The lowest BCUT2D eigenvalue weighted by atomic mass is 9.89. The van der Waals surface area contributed by atoms with Gasteiger partial charge in [-0.25, -0.2) is 4.79 Å². The lowest BCUT2D eigenvalue weighted by Crippen LogP contribution is -2.48. The number of carbonyl (C=O) groups is 2. The van der Waals surface area contributed by atoms with Gasteiger partial charge in [0, 0.05) is 24.2 Å². The number of fused-ring (bicyclic) bond motifs is 1. The molecule has 0 saturated carbocycles. The summed E-state index contributed by atoms with van der Waals surface area (Å²) in [5, 5.41) is 0. The Kier molecular flexibility index (Phi) is 9.10. The molecule has 0 aromatic heterocycles. The Labute approximate surface area is 237 Å². The molecule has 4 rings (SSSR count). The van der Waals surface area contributed by atoms with E-state index in [9.17, 15) is 22.8 Å². The Morgan fingerprint density at radius 1 is 0.951 bits per heavy atom. The fraction of sp³-hybridized carbons (Fsp3) is 0.355. The van der Waals surface area contributed by atoms with E-state index >= 15 is 0 Å². The molecular formula is C31H33F3N2O5. The SMILES string of the molecule is CCOC(=O)N1c2cc(OC)c(OC)cc2[C@@H](N(Cc2ccccc2)C(=O)Cc2ccc(C(F)(F)F)cc2)C[C@H]1C. The number of methoxy groups -OCH3 is 2. The number of rotatable bonds is 8. The number of benzene rings is 3. The Morgan fingerprint density at radius 2 is 1.59 bits per heavy atom. The van der Waals surface area contributed by atoms with Gasteiger partial charge in [0.15, 0.2) is 11.5 Å². The van der Waals surface area contributed by atoms with E-state index in [1.54, 1.807) is 28.9 Å². The average Bonchev–Trinajstić information content (AvgIpc) is 2.95. The maximum absolute atomic E-state index is 14.0. The van der Waals surface area contributed by atoms with E-state index in [1.807, 2.05) is 37.3 Å². The van der Waals surface area contributed by atoms with E-state index < -0.39 is 23.9 Å². The molecule has 0 N–H and O–H groups in total. The standard InChI is InChI=1S/C31H33F3N2O5/c1-5-41-30(38)36-20(2)15-25(24-17-27(39-3)28(40-4)18-26(24)36)35(19-22-9-7-6-8-10-22)29(37)16-21-11-13-23(14-12-21)31(32,33)34/h6-14,17-18,20,25H,5,15-16,19H2,1-4H3/t20-,25+/m1/s1. The summed E-state index contributed by atoms with van der Waals surface area (Å²) in [5.41, 5.74) is 1.78. The third-order valence-corrected chi connectivity index (χ3v) is 7.15. The van der Waals surface area contributed by atoms with Crippen LogP contribution in [-0.4, -0.2) is 43.8 Å². The molecule has 41 heavy (non-hydrogen) atoms. The van der Waals surface area contributed by atoms with Crippen LogP contribution >= 0.6 is 0 Å². The molecule has 7 nitrogen and oxygen atoms in total. The van der Waals surface area contributed by atoms with E-state index in [0.29, 0.717) is 34.7 Å². The molecule has 1 aliphatic heterocycles. The molecule has 218 valence electrons. The molecule has 0 unspecified atom stereocenters. The van der Waals surface area contributed by atoms with Crippen molar-refractivity contribution in [3.63, 3.8) is 0 Å². The second-order valence-corrected chi connectivity index (χ2v) is 9.81. The number of anilines is 1. The first-order chi connectivity index (χ1) is 19.6. The molecule has 0 aliphatic carbocycles. The molecule has 10 heteroatoms. The van der Waals surface area contributed by atoms with E-state index in [-0.39, 0.29) is 31.5 Å². The Hall–Kier alpha value is -4.21. The van der Waals surface area contributed by atoms with E-state index in [1.165, 1.54) is 26.4 Å². The summed E-state index contributed by atoms with van der Waals surface area (Å²) in [7, 11) is 3.00. The zero-order valence-electron chi connectivity index (χ0n) is 23.4. The van der Waals surface area contributed by atoms with Crippen LogP contribution in [0.4, 0.5) is 23.7 Å². The van der Waals surface area contributed by atoms with Gasteiger partial charge in [-0.05, 0) is 49.6 Å². The summed E-state index contributed by atoms with van der Waals surface area (Å²) in [6, 6.07) is 16.7.